The van der Waals surface area contributed by atoms with Crippen LogP contribution in [-0.4, -0.2) is 4.98 Å². The number of pyridine rings is 1. The van der Waals surface area contributed by atoms with Crippen LogP contribution in [0.5, 0.6) is 0 Å². The van der Waals surface area contributed by atoms with Crippen LogP contribution in [0, 0.1) is 20.8 Å². The van der Waals surface area contributed by atoms with E-state index in [1.807, 2.05) is 11.3 Å². The number of thiophene rings is 1. The maximum absolute atomic E-state index is 4.72. The molecule has 3 rings (SSSR count). The van der Waals surface area contributed by atoms with Gasteiger partial charge in [-0.3, -0.25) is 4.98 Å². The first-order chi connectivity index (χ1) is 7.66. The number of benzene rings is 1. The van der Waals surface area contributed by atoms with E-state index in [0.29, 0.717) is 0 Å². The van der Waals surface area contributed by atoms with E-state index in [0.717, 1.165) is 11.2 Å². The van der Waals surface area contributed by atoms with E-state index in [9.17, 15) is 0 Å². The fourth-order valence-electron chi connectivity index (χ4n) is 2.20. The van der Waals surface area contributed by atoms with Crippen LogP contribution in [0.4, 0.5) is 0 Å². The van der Waals surface area contributed by atoms with Crippen molar-refractivity contribution in [1.29, 1.82) is 0 Å². The Bertz CT molecular complexity index is 695. The summed E-state index contributed by atoms with van der Waals surface area (Å²) in [7, 11) is 0. The molecule has 0 radical (unpaired) electrons. The van der Waals surface area contributed by atoms with Gasteiger partial charge in [-0.1, -0.05) is 18.2 Å². The van der Waals surface area contributed by atoms with Gasteiger partial charge in [0.1, 0.15) is 0 Å². The van der Waals surface area contributed by atoms with Crippen molar-refractivity contribution >= 4 is 32.3 Å². The second kappa shape index (κ2) is 3.29. The van der Waals surface area contributed by atoms with E-state index < -0.39 is 0 Å². The number of hydrogen-bond donors (Lipinski definition) is 0. The molecule has 0 unspecified atom stereocenters. The summed E-state index contributed by atoms with van der Waals surface area (Å²) in [5.74, 6) is 0. The quantitative estimate of drug-likeness (QED) is 0.555. The highest BCUT2D eigenvalue weighted by Gasteiger charge is 2.09. The van der Waals surface area contributed by atoms with E-state index in [1.165, 1.54) is 25.9 Å². The molecule has 2 heterocycles. The van der Waals surface area contributed by atoms with Gasteiger partial charge in [-0.2, -0.15) is 0 Å². The van der Waals surface area contributed by atoms with Gasteiger partial charge in [0.15, 0.2) is 0 Å². The van der Waals surface area contributed by atoms with Crippen LogP contribution in [0.3, 0.4) is 0 Å². The van der Waals surface area contributed by atoms with Crippen molar-refractivity contribution in [3.05, 3.63) is 40.4 Å². The Labute approximate surface area is 98.7 Å². The standard InChI is InChI=1S/C14H13NS/c1-8-5-4-6-11-13(8)15-10(3)12-7-9(2)16-14(11)12/h4-7H,1-3H3. The van der Waals surface area contributed by atoms with Crippen molar-refractivity contribution in [1.82, 2.24) is 4.98 Å². The lowest BCUT2D eigenvalue weighted by atomic mass is 10.1. The molecule has 2 heteroatoms. The van der Waals surface area contributed by atoms with Gasteiger partial charge in [-0.15, -0.1) is 11.3 Å². The molecule has 0 amide bonds. The molecule has 80 valence electrons. The summed E-state index contributed by atoms with van der Waals surface area (Å²) in [5.41, 5.74) is 3.55. The lowest BCUT2D eigenvalue weighted by Gasteiger charge is -2.04. The van der Waals surface area contributed by atoms with Crippen molar-refractivity contribution in [2.24, 2.45) is 0 Å². The van der Waals surface area contributed by atoms with Gasteiger partial charge >= 0.3 is 0 Å². The minimum atomic E-state index is 1.14. The summed E-state index contributed by atoms with van der Waals surface area (Å²) >= 11 is 1.86. The zero-order chi connectivity index (χ0) is 11.3. The van der Waals surface area contributed by atoms with Crippen LogP contribution in [0.1, 0.15) is 16.1 Å². The molecular formula is C14H13NS. The van der Waals surface area contributed by atoms with Crippen molar-refractivity contribution in [2.45, 2.75) is 20.8 Å². The average molecular weight is 227 g/mol. The van der Waals surface area contributed by atoms with Crippen LogP contribution in [0.2, 0.25) is 0 Å². The largest absolute Gasteiger partial charge is 0.252 e. The summed E-state index contributed by atoms with van der Waals surface area (Å²) in [5, 5.41) is 2.60. The Morgan fingerprint density at radius 3 is 2.69 bits per heavy atom. The van der Waals surface area contributed by atoms with Crippen LogP contribution in [0.15, 0.2) is 24.3 Å². The smallest absolute Gasteiger partial charge is 0.0748 e. The van der Waals surface area contributed by atoms with Crippen LogP contribution in [-0.2, 0) is 0 Å². The number of aryl methyl sites for hydroxylation is 3. The molecule has 3 aromatic rings. The molecule has 0 aliphatic heterocycles. The highest BCUT2D eigenvalue weighted by molar-refractivity contribution is 7.20. The average Bonchev–Trinajstić information content (AvgIpc) is 2.63. The fourth-order valence-corrected chi connectivity index (χ4v) is 3.29. The lowest BCUT2D eigenvalue weighted by molar-refractivity contribution is 1.27. The molecule has 0 aliphatic carbocycles. The van der Waals surface area contributed by atoms with E-state index in [2.05, 4.69) is 45.0 Å². The molecule has 0 saturated heterocycles. The minimum absolute atomic E-state index is 1.14. The van der Waals surface area contributed by atoms with Crippen LogP contribution < -0.4 is 0 Å². The molecule has 0 N–H and O–H groups in total. The Morgan fingerprint density at radius 1 is 1.06 bits per heavy atom. The Morgan fingerprint density at radius 2 is 1.88 bits per heavy atom. The third-order valence-corrected chi connectivity index (χ3v) is 4.09. The predicted molar refractivity (Wildman–Crippen MR) is 71.3 cm³/mol. The van der Waals surface area contributed by atoms with Gasteiger partial charge in [-0.25, -0.2) is 0 Å². The van der Waals surface area contributed by atoms with E-state index in [-0.39, 0.29) is 0 Å². The first-order valence-corrected chi connectivity index (χ1v) is 6.24. The van der Waals surface area contributed by atoms with Gasteiger partial charge < -0.3 is 0 Å². The maximum atomic E-state index is 4.72. The van der Waals surface area contributed by atoms with E-state index in [4.69, 9.17) is 4.98 Å². The highest BCUT2D eigenvalue weighted by Crippen LogP contribution is 2.33. The summed E-state index contributed by atoms with van der Waals surface area (Å²) in [6.07, 6.45) is 0. The molecule has 1 aromatic carbocycles. The molecule has 16 heavy (non-hydrogen) atoms. The maximum Gasteiger partial charge on any atom is 0.0748 e. The predicted octanol–water partition coefficient (Wildman–Crippen LogP) is 4.37. The zero-order valence-electron chi connectivity index (χ0n) is 9.66. The molecule has 0 bridgehead atoms. The molecule has 0 atom stereocenters. The Hall–Kier alpha value is -1.41. The zero-order valence-corrected chi connectivity index (χ0v) is 10.5. The normalized spacial score (nSPS) is 11.4. The number of para-hydroxylation sites is 1. The van der Waals surface area contributed by atoms with Gasteiger partial charge in [-0.05, 0) is 32.4 Å². The highest BCUT2D eigenvalue weighted by atomic mass is 32.1. The molecule has 1 nitrogen and oxygen atoms in total. The Balaban J connectivity index is 2.63. The topological polar surface area (TPSA) is 12.9 Å². The summed E-state index contributed by atoms with van der Waals surface area (Å²) in [6.45, 7) is 6.38. The lowest BCUT2D eigenvalue weighted by Crippen LogP contribution is -1.87. The first-order valence-electron chi connectivity index (χ1n) is 5.43. The molecule has 0 saturated carbocycles. The van der Waals surface area contributed by atoms with Gasteiger partial charge in [0.2, 0.25) is 0 Å². The number of fused-ring (bicyclic) bond motifs is 3. The third-order valence-electron chi connectivity index (χ3n) is 3.01. The Kier molecular flexibility index (Phi) is 2.01. The second-order valence-corrected chi connectivity index (χ2v) is 5.52. The van der Waals surface area contributed by atoms with Crippen LogP contribution in [0.25, 0.3) is 21.0 Å². The summed E-state index contributed by atoms with van der Waals surface area (Å²) in [4.78, 5) is 6.08. The number of nitrogens with zero attached hydrogens (tertiary/aromatic N) is 1. The number of aromatic nitrogens is 1. The minimum Gasteiger partial charge on any atom is -0.252 e. The first kappa shape index (κ1) is 9.79. The van der Waals surface area contributed by atoms with E-state index >= 15 is 0 Å². The molecule has 2 aromatic heterocycles. The van der Waals surface area contributed by atoms with Crippen molar-refractivity contribution in [3.63, 3.8) is 0 Å². The SMILES string of the molecule is Cc1cc2c(C)nc3c(C)cccc3c2s1. The van der Waals surface area contributed by atoms with Gasteiger partial charge in [0.05, 0.1) is 5.52 Å². The molecule has 0 fully saturated rings. The summed E-state index contributed by atoms with van der Waals surface area (Å²) < 4.78 is 1.38. The fraction of sp³-hybridized carbons (Fsp3) is 0.214. The number of hydrogen-bond acceptors (Lipinski definition) is 2. The van der Waals surface area contributed by atoms with Crippen molar-refractivity contribution in [2.75, 3.05) is 0 Å². The molecule has 0 spiro atoms. The number of rotatable bonds is 0. The van der Waals surface area contributed by atoms with Gasteiger partial charge in [0.25, 0.3) is 0 Å². The van der Waals surface area contributed by atoms with Gasteiger partial charge in [0, 0.05) is 26.0 Å². The summed E-state index contributed by atoms with van der Waals surface area (Å²) in [6, 6.07) is 8.65. The monoisotopic (exact) mass is 227 g/mol. The second-order valence-electron chi connectivity index (χ2n) is 4.27. The van der Waals surface area contributed by atoms with Crippen LogP contribution >= 0.6 is 11.3 Å². The van der Waals surface area contributed by atoms with Crippen molar-refractivity contribution in [3.8, 4) is 0 Å². The molecule has 0 aliphatic rings. The molecular weight excluding hydrogens is 214 g/mol. The van der Waals surface area contributed by atoms with E-state index in [1.54, 1.807) is 0 Å². The van der Waals surface area contributed by atoms with Crippen molar-refractivity contribution < 1.29 is 0 Å². The third kappa shape index (κ3) is 1.26.